The number of amides is 2. The third-order valence-corrected chi connectivity index (χ3v) is 8.57. The number of anilines is 1. The summed E-state index contributed by atoms with van der Waals surface area (Å²) in [6.45, 7) is 3.17. The fourth-order valence-electron chi connectivity index (χ4n) is 6.54. The summed E-state index contributed by atoms with van der Waals surface area (Å²) >= 11 is 12.4. The molecule has 38 heavy (non-hydrogen) atoms. The van der Waals surface area contributed by atoms with Gasteiger partial charge in [-0.15, -0.1) is 0 Å². The van der Waals surface area contributed by atoms with Gasteiger partial charge in [0, 0.05) is 42.2 Å². The second kappa shape index (κ2) is 9.56. The lowest BCUT2D eigenvalue weighted by Crippen LogP contribution is -2.61. The zero-order chi connectivity index (χ0) is 26.6. The Hall–Kier alpha value is -3.13. The molecular formula is C29H26Cl2FN3O3. The molecule has 4 atom stereocenters. The van der Waals surface area contributed by atoms with Gasteiger partial charge in [-0.2, -0.15) is 0 Å². The number of nitrogens with zero attached hydrogens (tertiary/aromatic N) is 1. The molecule has 6 nitrogen and oxygen atoms in total. The molecule has 0 unspecified atom stereocenters. The van der Waals surface area contributed by atoms with Gasteiger partial charge in [-0.3, -0.25) is 14.5 Å². The number of fused-ring (bicyclic) bond motifs is 2. The van der Waals surface area contributed by atoms with Crippen LogP contribution in [-0.2, 0) is 22.6 Å². The van der Waals surface area contributed by atoms with Crippen molar-refractivity contribution in [2.75, 3.05) is 18.5 Å². The molecular weight excluding hydrogens is 528 g/mol. The second-order valence-corrected chi connectivity index (χ2v) is 10.9. The zero-order valence-corrected chi connectivity index (χ0v) is 22.2. The highest BCUT2D eigenvalue weighted by Crippen LogP contribution is 2.56. The maximum absolute atomic E-state index is 15.7. The molecule has 3 heterocycles. The summed E-state index contributed by atoms with van der Waals surface area (Å²) < 4.78 is 21.4. The van der Waals surface area contributed by atoms with E-state index in [-0.39, 0.29) is 34.9 Å². The van der Waals surface area contributed by atoms with Gasteiger partial charge in [0.15, 0.2) is 0 Å². The summed E-state index contributed by atoms with van der Waals surface area (Å²) in [4.78, 5) is 29.7. The third kappa shape index (κ3) is 3.87. The monoisotopic (exact) mass is 553 g/mol. The number of nitrogens with one attached hydrogen (secondary N) is 2. The summed E-state index contributed by atoms with van der Waals surface area (Å²) in [5.41, 5.74) is 1.44. The first-order valence-corrected chi connectivity index (χ1v) is 13.4. The van der Waals surface area contributed by atoms with Crippen molar-refractivity contribution >= 4 is 40.7 Å². The predicted octanol–water partition coefficient (Wildman–Crippen LogP) is 5.18. The number of carbonyl (C=O) groups is 2. The lowest BCUT2D eigenvalue weighted by molar-refractivity contribution is -0.129. The molecule has 196 valence electrons. The highest BCUT2D eigenvalue weighted by Gasteiger charge is 2.67. The summed E-state index contributed by atoms with van der Waals surface area (Å²) in [5, 5.41) is 6.46. The molecule has 3 aliphatic rings. The van der Waals surface area contributed by atoms with E-state index in [0.29, 0.717) is 30.4 Å². The van der Waals surface area contributed by atoms with Crippen LogP contribution in [0.25, 0.3) is 0 Å². The molecule has 0 radical (unpaired) electrons. The fraction of sp³-hybridized carbons (Fsp3) is 0.310. The quantitative estimate of drug-likeness (QED) is 0.456. The van der Waals surface area contributed by atoms with Crippen LogP contribution in [0.15, 0.2) is 60.7 Å². The largest absolute Gasteiger partial charge is 0.494 e. The lowest BCUT2D eigenvalue weighted by Gasteiger charge is -2.46. The highest BCUT2D eigenvalue weighted by atomic mass is 35.5. The van der Waals surface area contributed by atoms with Crippen LogP contribution < -0.4 is 15.4 Å². The Morgan fingerprint density at radius 2 is 1.92 bits per heavy atom. The van der Waals surface area contributed by atoms with Crippen molar-refractivity contribution in [3.05, 3.63) is 93.2 Å². The fourth-order valence-corrected chi connectivity index (χ4v) is 6.90. The topological polar surface area (TPSA) is 70.7 Å². The first kappa shape index (κ1) is 25.2. The number of hydrogen-bond acceptors (Lipinski definition) is 4. The van der Waals surface area contributed by atoms with Gasteiger partial charge in [0.25, 0.3) is 0 Å². The van der Waals surface area contributed by atoms with E-state index in [1.54, 1.807) is 24.3 Å². The van der Waals surface area contributed by atoms with Crippen molar-refractivity contribution in [2.45, 2.75) is 37.4 Å². The van der Waals surface area contributed by atoms with Crippen molar-refractivity contribution in [1.29, 1.82) is 0 Å². The molecule has 3 aliphatic heterocycles. The molecule has 2 N–H and O–H groups in total. The lowest BCUT2D eigenvalue weighted by atomic mass is 9.69. The van der Waals surface area contributed by atoms with E-state index in [4.69, 9.17) is 27.9 Å². The van der Waals surface area contributed by atoms with Gasteiger partial charge in [-0.25, -0.2) is 4.39 Å². The van der Waals surface area contributed by atoms with Crippen molar-refractivity contribution < 1.29 is 18.7 Å². The number of rotatable bonds is 5. The van der Waals surface area contributed by atoms with E-state index in [1.807, 2.05) is 37.3 Å². The zero-order valence-electron chi connectivity index (χ0n) is 20.6. The van der Waals surface area contributed by atoms with Crippen LogP contribution in [0, 0.1) is 11.7 Å². The molecule has 2 amide bonds. The molecule has 2 saturated heterocycles. The molecule has 3 aromatic rings. The third-order valence-electron chi connectivity index (χ3n) is 8.04. The summed E-state index contributed by atoms with van der Waals surface area (Å²) in [5.74, 6) is -1.78. The first-order chi connectivity index (χ1) is 18.3. The van der Waals surface area contributed by atoms with Gasteiger partial charge in [-0.05, 0) is 53.9 Å². The van der Waals surface area contributed by atoms with E-state index < -0.39 is 23.2 Å². The van der Waals surface area contributed by atoms with Crippen LogP contribution in [-0.4, -0.2) is 41.4 Å². The van der Waals surface area contributed by atoms with Crippen LogP contribution in [0.1, 0.15) is 29.5 Å². The Morgan fingerprint density at radius 3 is 2.74 bits per heavy atom. The molecule has 2 fully saturated rings. The number of halogens is 3. The van der Waals surface area contributed by atoms with Gasteiger partial charge >= 0.3 is 0 Å². The minimum Gasteiger partial charge on any atom is -0.494 e. The van der Waals surface area contributed by atoms with Gasteiger partial charge in [0.1, 0.15) is 17.1 Å². The Kier molecular flexibility index (Phi) is 6.33. The van der Waals surface area contributed by atoms with Gasteiger partial charge in [-0.1, -0.05) is 53.5 Å². The molecule has 3 aromatic carbocycles. The van der Waals surface area contributed by atoms with Crippen molar-refractivity contribution in [3.8, 4) is 5.75 Å². The number of likely N-dealkylation sites (tertiary alicyclic amines) is 1. The van der Waals surface area contributed by atoms with Crippen LogP contribution >= 0.6 is 23.2 Å². The molecule has 9 heteroatoms. The Bertz CT molecular complexity index is 1450. The van der Waals surface area contributed by atoms with Gasteiger partial charge < -0.3 is 15.4 Å². The molecule has 6 rings (SSSR count). The maximum Gasteiger partial charge on any atom is 0.245 e. The smallest absolute Gasteiger partial charge is 0.245 e. The molecule has 0 aromatic heterocycles. The van der Waals surface area contributed by atoms with E-state index in [9.17, 15) is 9.59 Å². The Labute approximate surface area is 230 Å². The van der Waals surface area contributed by atoms with Gasteiger partial charge in [0.05, 0.1) is 17.5 Å². The van der Waals surface area contributed by atoms with Gasteiger partial charge in [0.2, 0.25) is 11.8 Å². The number of carbonyl (C=O) groups excluding carboxylic acids is 2. The minimum atomic E-state index is -1.25. The standard InChI is InChI=1S/C29H26Cl2FN3O3/c1-2-38-19-6-3-5-16(11-19)15-35-23-14-33-27(36)24(23)25(20-7-4-8-21(31)26(20)32)29(35)13-17-9-10-18(30)12-22(17)34-28(29)37/h3-12,23-25H,2,13-15H2,1H3,(H,33,36)(H,34,37)/t23-,24+,25-,29+/m0/s1. The normalized spacial score (nSPS) is 26.2. The molecule has 0 bridgehead atoms. The summed E-state index contributed by atoms with van der Waals surface area (Å²) in [6, 6.07) is 17.5. The number of benzene rings is 3. The van der Waals surface area contributed by atoms with Crippen LogP contribution in [0.4, 0.5) is 10.1 Å². The summed E-state index contributed by atoms with van der Waals surface area (Å²) in [6.07, 6.45) is 0.285. The van der Waals surface area contributed by atoms with Crippen molar-refractivity contribution in [1.82, 2.24) is 10.2 Å². The van der Waals surface area contributed by atoms with Crippen LogP contribution in [0.3, 0.4) is 0 Å². The van der Waals surface area contributed by atoms with Crippen molar-refractivity contribution in [2.24, 2.45) is 5.92 Å². The Balaban J connectivity index is 1.55. The van der Waals surface area contributed by atoms with E-state index in [0.717, 1.165) is 16.9 Å². The van der Waals surface area contributed by atoms with Crippen molar-refractivity contribution in [3.63, 3.8) is 0 Å². The van der Waals surface area contributed by atoms with E-state index in [2.05, 4.69) is 15.5 Å². The second-order valence-electron chi connectivity index (χ2n) is 10.0. The predicted molar refractivity (Wildman–Crippen MR) is 144 cm³/mol. The number of ether oxygens (including phenoxy) is 1. The average molecular weight is 554 g/mol. The van der Waals surface area contributed by atoms with Crippen LogP contribution in [0.2, 0.25) is 10.0 Å². The molecule has 1 spiro atoms. The van der Waals surface area contributed by atoms with E-state index >= 15 is 4.39 Å². The van der Waals surface area contributed by atoms with E-state index in [1.165, 1.54) is 6.07 Å². The molecule has 0 aliphatic carbocycles. The maximum atomic E-state index is 15.7. The SMILES string of the molecule is CCOc1cccc(CN2[C@H]3CNC(=O)[C@H]3[C@H](c3cccc(Cl)c3F)[C@@]23Cc2ccc(Cl)cc2NC3=O)c1. The average Bonchev–Trinajstić information content (AvgIpc) is 3.38. The summed E-state index contributed by atoms with van der Waals surface area (Å²) in [7, 11) is 0. The highest BCUT2D eigenvalue weighted by molar-refractivity contribution is 6.31. The Morgan fingerprint density at radius 1 is 1.11 bits per heavy atom. The minimum absolute atomic E-state index is 0.0427. The first-order valence-electron chi connectivity index (χ1n) is 12.6. The van der Waals surface area contributed by atoms with Crippen LogP contribution in [0.5, 0.6) is 5.75 Å². The molecule has 0 saturated carbocycles. The number of hydrogen-bond donors (Lipinski definition) is 2.